The Morgan fingerprint density at radius 3 is 2.44 bits per heavy atom. The fourth-order valence-corrected chi connectivity index (χ4v) is 11.3. The monoisotopic (exact) mass is 1000 g/mol. The van der Waals surface area contributed by atoms with E-state index in [-0.39, 0.29) is 66.7 Å². The van der Waals surface area contributed by atoms with E-state index in [2.05, 4.69) is 57.0 Å². The number of ether oxygens (including phenoxy) is 2. The van der Waals surface area contributed by atoms with Crippen LogP contribution in [0.5, 0.6) is 5.75 Å². The van der Waals surface area contributed by atoms with Gasteiger partial charge in [0, 0.05) is 68.6 Å². The number of carbonyl (C=O) groups is 6. The van der Waals surface area contributed by atoms with Crippen molar-refractivity contribution in [3.8, 4) is 5.75 Å². The molecule has 16 nitrogen and oxygen atoms in total. The molecular weight excluding hydrogens is 929 g/mol. The Balaban J connectivity index is 0.589. The van der Waals surface area contributed by atoms with Crippen LogP contribution in [-0.4, -0.2) is 92.7 Å². The fraction of sp³-hybridized carbons (Fsp3) is 0.509. The predicted octanol–water partition coefficient (Wildman–Crippen LogP) is 7.60. The lowest BCUT2D eigenvalue weighted by Gasteiger charge is -2.51. The summed E-state index contributed by atoms with van der Waals surface area (Å²) in [5.74, 6) is 0.979. The largest absolute Gasteiger partial charge is 0.508 e. The molecule has 1 fully saturated rings. The van der Waals surface area contributed by atoms with Crippen molar-refractivity contribution >= 4 is 57.8 Å². The zero-order valence-corrected chi connectivity index (χ0v) is 42.1. The van der Waals surface area contributed by atoms with E-state index in [0.29, 0.717) is 111 Å². The molecule has 5 unspecified atom stereocenters. The van der Waals surface area contributed by atoms with Crippen molar-refractivity contribution in [1.82, 2.24) is 21.3 Å². The molecular formula is C57H72N6O10. The summed E-state index contributed by atoms with van der Waals surface area (Å²) in [6.45, 7) is 5.30. The molecule has 4 aromatic rings. The Morgan fingerprint density at radius 1 is 0.781 bits per heavy atom. The van der Waals surface area contributed by atoms with E-state index in [1.54, 1.807) is 30.5 Å². The topological polar surface area (TPSA) is 226 Å². The summed E-state index contributed by atoms with van der Waals surface area (Å²) >= 11 is 0. The second-order valence-electron chi connectivity index (χ2n) is 20.5. The highest BCUT2D eigenvalue weighted by Crippen LogP contribution is 2.60. The van der Waals surface area contributed by atoms with E-state index in [4.69, 9.17) is 13.9 Å². The smallest absolute Gasteiger partial charge is 0.254 e. The lowest BCUT2D eigenvalue weighted by atomic mass is 9.54. The standard InChI is InChI=1S/C57H72N6O10/c1-57-25-22-44-43-17-15-42(64)33-39(43)12-16-45(44)47(57)18-13-40(57)35-72-36-54(68)60-28-7-29-71-30-24-52(66)59-27-6-2-5-26-58-51(65)9-4-3-8-37-10-19-48-46(32-37)55(69)63-49(56(70)62-48)20-21-53(67)61-41-14-11-38-23-31-73-50(38)34-41/h10-11,13-15,17-19,23,31-34,40,44-45,47,49,64H,2-9,12,16,20-22,24-30,35-36H2,1H3,(H,58,65)(H,59,66)(H,60,68)(H,61,67)(H,62,70)(H,63,69)/t40?,44?,45?,47?,49?,57-/m1/s1. The molecule has 8 rings (SSSR count). The highest BCUT2D eigenvalue weighted by Gasteiger charge is 2.52. The molecule has 6 amide bonds. The van der Waals surface area contributed by atoms with Crippen LogP contribution in [0.2, 0.25) is 0 Å². The maximum Gasteiger partial charge on any atom is 0.254 e. The number of allylic oxidation sites excluding steroid dienone is 1. The number of phenols is 1. The van der Waals surface area contributed by atoms with E-state index in [1.807, 2.05) is 30.3 Å². The highest BCUT2D eigenvalue weighted by atomic mass is 16.5. The molecule has 0 bridgehead atoms. The van der Waals surface area contributed by atoms with Crippen LogP contribution < -0.4 is 31.9 Å². The van der Waals surface area contributed by atoms with Gasteiger partial charge in [0.1, 0.15) is 24.0 Å². The van der Waals surface area contributed by atoms with Crippen molar-refractivity contribution in [2.75, 3.05) is 56.7 Å². The number of furan rings is 1. The lowest BCUT2D eigenvalue weighted by Crippen LogP contribution is -2.44. The number of fused-ring (bicyclic) bond motifs is 7. The molecule has 73 heavy (non-hydrogen) atoms. The maximum absolute atomic E-state index is 13.2. The minimum Gasteiger partial charge on any atom is -0.508 e. The molecule has 0 saturated heterocycles. The summed E-state index contributed by atoms with van der Waals surface area (Å²) < 4.78 is 17.0. The summed E-state index contributed by atoms with van der Waals surface area (Å²) in [6, 6.07) is 17.6. The Bertz CT molecular complexity index is 2630. The van der Waals surface area contributed by atoms with Gasteiger partial charge < -0.3 is 50.9 Å². The molecule has 0 spiro atoms. The Hall–Kier alpha value is -6.52. The summed E-state index contributed by atoms with van der Waals surface area (Å²) in [5, 5.41) is 28.1. The molecule has 3 aliphatic carbocycles. The highest BCUT2D eigenvalue weighted by molar-refractivity contribution is 6.10. The van der Waals surface area contributed by atoms with Crippen molar-refractivity contribution in [3.63, 3.8) is 0 Å². The second kappa shape index (κ2) is 25.4. The summed E-state index contributed by atoms with van der Waals surface area (Å²) in [6.07, 6.45) is 16.7. The Kier molecular flexibility index (Phi) is 18.4. The lowest BCUT2D eigenvalue weighted by molar-refractivity contribution is -0.127. The number of aryl methyl sites for hydroxylation is 2. The summed E-state index contributed by atoms with van der Waals surface area (Å²) in [4.78, 5) is 76.0. The number of anilines is 2. The number of benzene rings is 3. The van der Waals surface area contributed by atoms with E-state index >= 15 is 0 Å². The van der Waals surface area contributed by atoms with Gasteiger partial charge in [-0.05, 0) is 159 Å². The summed E-state index contributed by atoms with van der Waals surface area (Å²) in [5.41, 5.74) is 5.77. The maximum atomic E-state index is 13.2. The van der Waals surface area contributed by atoms with E-state index in [9.17, 15) is 33.9 Å². The van der Waals surface area contributed by atoms with E-state index < -0.39 is 11.9 Å². The first-order chi connectivity index (χ1) is 35.4. The van der Waals surface area contributed by atoms with Gasteiger partial charge in [-0.3, -0.25) is 28.8 Å². The van der Waals surface area contributed by atoms with Crippen LogP contribution in [-0.2, 0) is 46.3 Å². The number of hydrogen-bond donors (Lipinski definition) is 7. The predicted molar refractivity (Wildman–Crippen MR) is 278 cm³/mol. The van der Waals surface area contributed by atoms with Crippen LogP contribution in [0.1, 0.15) is 123 Å². The molecule has 1 aromatic heterocycles. The molecule has 7 N–H and O–H groups in total. The zero-order valence-electron chi connectivity index (χ0n) is 42.1. The van der Waals surface area contributed by atoms with Crippen molar-refractivity contribution in [1.29, 1.82) is 0 Å². The van der Waals surface area contributed by atoms with Crippen molar-refractivity contribution in [2.45, 2.75) is 115 Å². The van der Waals surface area contributed by atoms with Crippen LogP contribution in [0.3, 0.4) is 0 Å². The van der Waals surface area contributed by atoms with Gasteiger partial charge in [-0.2, -0.15) is 0 Å². The van der Waals surface area contributed by atoms with Gasteiger partial charge >= 0.3 is 0 Å². The van der Waals surface area contributed by atoms with Crippen molar-refractivity contribution < 1.29 is 47.8 Å². The Labute approximate surface area is 427 Å². The first kappa shape index (κ1) is 52.8. The SMILES string of the molecule is C[C@]12CCC3c4ccc(O)cc4CCC3C1C=CC2COCC(=O)NCCCOCCC(=O)NCCCCCNC(=O)CCCCc1ccc2c(c1)C(=O)NC(CCC(=O)Nc1ccc3ccoc3c1)C(=O)N2. The fourth-order valence-electron chi connectivity index (χ4n) is 11.3. The molecule has 4 aliphatic rings. The van der Waals surface area contributed by atoms with E-state index in [1.165, 1.54) is 11.1 Å². The number of unbranched alkanes of at least 4 members (excludes halogenated alkanes) is 3. The zero-order chi connectivity index (χ0) is 51.2. The van der Waals surface area contributed by atoms with Gasteiger partial charge in [-0.1, -0.05) is 31.2 Å². The normalized spacial score (nSPS) is 21.7. The number of amides is 6. The Morgan fingerprint density at radius 2 is 1.59 bits per heavy atom. The number of carbonyl (C=O) groups excluding carboxylic acids is 6. The third-order valence-electron chi connectivity index (χ3n) is 15.4. The molecule has 1 aliphatic heterocycles. The van der Waals surface area contributed by atoms with Gasteiger partial charge in [0.25, 0.3) is 5.91 Å². The second-order valence-corrected chi connectivity index (χ2v) is 20.5. The number of hydrogen-bond acceptors (Lipinski definition) is 10. The molecule has 3 aromatic carbocycles. The van der Waals surface area contributed by atoms with E-state index in [0.717, 1.165) is 62.3 Å². The first-order valence-electron chi connectivity index (χ1n) is 26.4. The third kappa shape index (κ3) is 14.2. The van der Waals surface area contributed by atoms with Crippen LogP contribution in [0.15, 0.2) is 83.5 Å². The van der Waals surface area contributed by atoms with Crippen molar-refractivity contribution in [2.24, 2.45) is 23.2 Å². The molecule has 0 radical (unpaired) electrons. The van der Waals surface area contributed by atoms with Gasteiger partial charge in [0.2, 0.25) is 29.5 Å². The molecule has 390 valence electrons. The minimum absolute atomic E-state index is 0.0135. The van der Waals surface area contributed by atoms with Crippen LogP contribution in [0.4, 0.5) is 11.4 Å². The number of aromatic hydroxyl groups is 1. The average molecular weight is 1000 g/mol. The molecule has 2 heterocycles. The molecule has 16 heteroatoms. The third-order valence-corrected chi connectivity index (χ3v) is 15.4. The van der Waals surface area contributed by atoms with Crippen LogP contribution in [0.25, 0.3) is 11.0 Å². The summed E-state index contributed by atoms with van der Waals surface area (Å²) in [7, 11) is 0. The first-order valence-corrected chi connectivity index (χ1v) is 26.4. The quantitative estimate of drug-likeness (QED) is 0.0241. The van der Waals surface area contributed by atoms with Crippen LogP contribution >= 0.6 is 0 Å². The van der Waals surface area contributed by atoms with Crippen molar-refractivity contribution in [3.05, 3.63) is 101 Å². The number of rotatable bonds is 26. The van der Waals surface area contributed by atoms with Gasteiger partial charge in [0.15, 0.2) is 0 Å². The molecule has 1 saturated carbocycles. The van der Waals surface area contributed by atoms with Crippen LogP contribution in [0, 0.1) is 23.2 Å². The van der Waals surface area contributed by atoms with Gasteiger partial charge in [-0.25, -0.2) is 0 Å². The average Bonchev–Trinajstić information content (AvgIpc) is 3.96. The van der Waals surface area contributed by atoms with Gasteiger partial charge in [0.05, 0.1) is 30.7 Å². The minimum atomic E-state index is -0.874. The number of phenolic OH excluding ortho intramolecular Hbond substituents is 1. The number of nitrogens with one attached hydrogen (secondary N) is 6. The molecule has 6 atom stereocenters. The van der Waals surface area contributed by atoms with Gasteiger partial charge in [-0.15, -0.1) is 0 Å².